The van der Waals surface area contributed by atoms with Crippen LogP contribution < -0.4 is 4.90 Å². The van der Waals surface area contributed by atoms with Gasteiger partial charge in [0, 0.05) is 32.9 Å². The van der Waals surface area contributed by atoms with Crippen LogP contribution in [-0.2, 0) is 23.1 Å². The molecule has 6 nitrogen and oxygen atoms in total. The van der Waals surface area contributed by atoms with E-state index in [1.807, 2.05) is 13.2 Å². The van der Waals surface area contributed by atoms with E-state index < -0.39 is 5.41 Å². The number of amides is 2. The lowest BCUT2D eigenvalue weighted by atomic mass is 9.85. The van der Waals surface area contributed by atoms with Crippen LogP contribution in [0.3, 0.4) is 0 Å². The van der Waals surface area contributed by atoms with Crippen LogP contribution in [0.5, 0.6) is 0 Å². The number of halogens is 1. The number of carbonyl (C=O) groups excluding carboxylic acids is 2. The second-order valence-electron chi connectivity index (χ2n) is 7.23. The van der Waals surface area contributed by atoms with Gasteiger partial charge in [0.2, 0.25) is 11.8 Å². The van der Waals surface area contributed by atoms with Crippen molar-refractivity contribution in [2.75, 3.05) is 24.5 Å². The predicted octanol–water partition coefficient (Wildman–Crippen LogP) is 1.76. The molecule has 2 aliphatic rings. The maximum atomic E-state index is 13.3. The highest BCUT2D eigenvalue weighted by Gasteiger charge is 2.52. The lowest BCUT2D eigenvalue weighted by Gasteiger charge is -2.23. The van der Waals surface area contributed by atoms with E-state index in [1.165, 1.54) is 12.1 Å². The van der Waals surface area contributed by atoms with Crippen LogP contribution in [0.2, 0.25) is 0 Å². The van der Waals surface area contributed by atoms with Crippen LogP contribution >= 0.6 is 0 Å². The van der Waals surface area contributed by atoms with Gasteiger partial charge in [-0.2, -0.15) is 5.10 Å². The van der Waals surface area contributed by atoms with Gasteiger partial charge in [-0.3, -0.25) is 14.3 Å². The Hall–Kier alpha value is -2.70. The molecule has 2 aliphatic heterocycles. The summed E-state index contributed by atoms with van der Waals surface area (Å²) in [5.74, 6) is -0.321. The first kappa shape index (κ1) is 16.8. The van der Waals surface area contributed by atoms with Gasteiger partial charge in [-0.15, -0.1) is 0 Å². The minimum absolute atomic E-state index is 0.0555. The maximum Gasteiger partial charge on any atom is 0.235 e. The Morgan fingerprint density at radius 1 is 1.31 bits per heavy atom. The second kappa shape index (κ2) is 6.23. The van der Waals surface area contributed by atoms with Crippen molar-refractivity contribution in [3.05, 3.63) is 48.0 Å². The Bertz CT molecular complexity index is 865. The fourth-order valence-corrected chi connectivity index (χ4v) is 4.01. The monoisotopic (exact) mass is 356 g/mol. The molecule has 2 aromatic rings. The van der Waals surface area contributed by atoms with Crippen molar-refractivity contribution in [2.24, 2.45) is 12.5 Å². The van der Waals surface area contributed by atoms with E-state index in [0.717, 1.165) is 12.1 Å². The Labute approximate surface area is 151 Å². The van der Waals surface area contributed by atoms with Crippen molar-refractivity contribution in [1.82, 2.24) is 14.7 Å². The van der Waals surface area contributed by atoms with Gasteiger partial charge in [0.25, 0.3) is 0 Å². The van der Waals surface area contributed by atoms with Gasteiger partial charge in [0.15, 0.2) is 0 Å². The molecule has 1 spiro atoms. The van der Waals surface area contributed by atoms with Gasteiger partial charge in [-0.1, -0.05) is 12.1 Å². The minimum atomic E-state index is -0.493. The van der Waals surface area contributed by atoms with Crippen molar-refractivity contribution in [1.29, 1.82) is 0 Å². The molecule has 0 aliphatic carbocycles. The van der Waals surface area contributed by atoms with Crippen molar-refractivity contribution >= 4 is 17.5 Å². The number of aryl methyl sites for hydroxylation is 1. The molecule has 7 heteroatoms. The summed E-state index contributed by atoms with van der Waals surface area (Å²) in [4.78, 5) is 29.1. The average Bonchev–Trinajstić information content (AvgIpc) is 3.30. The van der Waals surface area contributed by atoms with E-state index in [-0.39, 0.29) is 24.1 Å². The van der Waals surface area contributed by atoms with Crippen LogP contribution in [0.1, 0.15) is 18.4 Å². The third-order valence-electron chi connectivity index (χ3n) is 5.47. The fraction of sp³-hybridized carbons (Fsp3) is 0.421. The van der Waals surface area contributed by atoms with Gasteiger partial charge in [0.1, 0.15) is 5.82 Å². The highest BCUT2D eigenvalue weighted by molar-refractivity contribution is 6.00. The quantitative estimate of drug-likeness (QED) is 0.842. The molecule has 2 fully saturated rings. The smallest absolute Gasteiger partial charge is 0.235 e. The number of nitrogens with zero attached hydrogens (tertiary/aromatic N) is 4. The summed E-state index contributed by atoms with van der Waals surface area (Å²) in [6.45, 7) is 1.66. The Morgan fingerprint density at radius 2 is 2.12 bits per heavy atom. The zero-order chi connectivity index (χ0) is 18.3. The third kappa shape index (κ3) is 2.87. The van der Waals surface area contributed by atoms with E-state index in [4.69, 9.17) is 0 Å². The van der Waals surface area contributed by atoms with E-state index in [0.29, 0.717) is 31.6 Å². The normalized spacial score (nSPS) is 22.6. The molecule has 3 heterocycles. The fourth-order valence-electron chi connectivity index (χ4n) is 4.01. The molecule has 0 bridgehead atoms. The second-order valence-corrected chi connectivity index (χ2v) is 7.23. The zero-order valence-corrected chi connectivity index (χ0v) is 14.7. The van der Waals surface area contributed by atoms with Crippen molar-refractivity contribution in [3.63, 3.8) is 0 Å². The van der Waals surface area contributed by atoms with Crippen molar-refractivity contribution in [2.45, 2.75) is 19.3 Å². The molecule has 2 saturated heterocycles. The molecular weight excluding hydrogens is 335 g/mol. The molecule has 136 valence electrons. The number of hydrogen-bond donors (Lipinski definition) is 0. The number of aromatic nitrogens is 2. The lowest BCUT2D eigenvalue weighted by Crippen LogP contribution is -2.38. The molecule has 1 unspecified atom stereocenters. The topological polar surface area (TPSA) is 58.4 Å². The highest BCUT2D eigenvalue weighted by atomic mass is 19.1. The van der Waals surface area contributed by atoms with E-state index in [1.54, 1.807) is 32.8 Å². The number of rotatable bonds is 3. The molecule has 1 aromatic carbocycles. The number of anilines is 1. The maximum absolute atomic E-state index is 13.3. The van der Waals surface area contributed by atoms with E-state index in [2.05, 4.69) is 5.10 Å². The van der Waals surface area contributed by atoms with Gasteiger partial charge in [0.05, 0.1) is 23.7 Å². The van der Waals surface area contributed by atoms with E-state index in [9.17, 15) is 14.0 Å². The third-order valence-corrected chi connectivity index (χ3v) is 5.47. The van der Waals surface area contributed by atoms with Gasteiger partial charge >= 0.3 is 0 Å². The first-order chi connectivity index (χ1) is 12.5. The summed E-state index contributed by atoms with van der Waals surface area (Å²) >= 11 is 0. The number of hydrogen-bond acceptors (Lipinski definition) is 3. The van der Waals surface area contributed by atoms with Crippen LogP contribution in [0.25, 0.3) is 0 Å². The van der Waals surface area contributed by atoms with Crippen LogP contribution in [-0.4, -0.2) is 46.1 Å². The highest BCUT2D eigenvalue weighted by Crippen LogP contribution is 2.42. The predicted molar refractivity (Wildman–Crippen MR) is 93.9 cm³/mol. The first-order valence-corrected chi connectivity index (χ1v) is 8.80. The van der Waals surface area contributed by atoms with Gasteiger partial charge in [-0.25, -0.2) is 4.39 Å². The summed E-state index contributed by atoms with van der Waals surface area (Å²) in [6.07, 6.45) is 5.10. The molecule has 4 rings (SSSR count). The first-order valence-electron chi connectivity index (χ1n) is 8.80. The average molecular weight is 356 g/mol. The minimum Gasteiger partial charge on any atom is -0.341 e. The van der Waals surface area contributed by atoms with E-state index >= 15 is 0 Å². The molecule has 1 atom stereocenters. The standard InChI is InChI=1S/C19H21FN4O2/c1-22-12-16(11-21-22)24-8-6-19(18(24)26)5-7-23(13-19)17(25)10-14-3-2-4-15(20)9-14/h2-4,9,11-12H,5-8,10,13H2,1H3. The molecule has 2 amide bonds. The molecule has 26 heavy (non-hydrogen) atoms. The van der Waals surface area contributed by atoms with Gasteiger partial charge < -0.3 is 9.80 Å². The van der Waals surface area contributed by atoms with Gasteiger partial charge in [-0.05, 0) is 30.5 Å². The summed E-state index contributed by atoms with van der Waals surface area (Å²) in [7, 11) is 1.82. The van der Waals surface area contributed by atoms with Crippen LogP contribution in [0.15, 0.2) is 36.7 Å². The van der Waals surface area contributed by atoms with Crippen molar-refractivity contribution < 1.29 is 14.0 Å². The number of benzene rings is 1. The van der Waals surface area contributed by atoms with Crippen molar-refractivity contribution in [3.8, 4) is 0 Å². The summed E-state index contributed by atoms with van der Waals surface area (Å²) in [5, 5.41) is 4.14. The number of likely N-dealkylation sites (tertiary alicyclic amines) is 1. The Morgan fingerprint density at radius 3 is 2.85 bits per heavy atom. The summed E-state index contributed by atoms with van der Waals surface area (Å²) < 4.78 is 15.0. The Kier molecular flexibility index (Phi) is 4.01. The largest absolute Gasteiger partial charge is 0.341 e. The molecule has 1 aromatic heterocycles. The SMILES string of the molecule is Cn1cc(N2CCC3(CCN(C(=O)Cc4cccc(F)c4)C3)C2=O)cn1. The molecular formula is C19H21FN4O2. The summed E-state index contributed by atoms with van der Waals surface area (Å²) in [5.41, 5.74) is 0.970. The zero-order valence-electron chi connectivity index (χ0n) is 14.7. The van der Waals surface area contributed by atoms with Crippen LogP contribution in [0, 0.1) is 11.2 Å². The molecule has 0 radical (unpaired) electrons. The molecule has 0 N–H and O–H groups in total. The number of carbonyl (C=O) groups is 2. The summed E-state index contributed by atoms with van der Waals surface area (Å²) in [6, 6.07) is 6.10. The Balaban J connectivity index is 1.44. The van der Waals surface area contributed by atoms with Crippen LogP contribution in [0.4, 0.5) is 10.1 Å². The molecule has 0 saturated carbocycles. The lowest BCUT2D eigenvalue weighted by molar-refractivity contribution is -0.130.